The highest BCUT2D eigenvalue weighted by Gasteiger charge is 2.29. The average Bonchev–Trinajstić information content (AvgIpc) is 2.95. The molecule has 0 bridgehead atoms. The summed E-state index contributed by atoms with van der Waals surface area (Å²) in [6.45, 7) is 6.00. The predicted octanol–water partition coefficient (Wildman–Crippen LogP) is 1.31. The van der Waals surface area contributed by atoms with E-state index in [1.165, 1.54) is 4.31 Å². The predicted molar refractivity (Wildman–Crippen MR) is 81.6 cm³/mol. The second kappa shape index (κ2) is 6.91. The minimum atomic E-state index is -3.44. The van der Waals surface area contributed by atoms with E-state index in [0.717, 1.165) is 18.5 Å². The SMILES string of the molecule is CC(C)NCc1cc(S(=O)(=O)N(C)C2CCOCC2)c[nH]1. The van der Waals surface area contributed by atoms with Gasteiger partial charge in [0.2, 0.25) is 10.0 Å². The van der Waals surface area contributed by atoms with Crippen molar-refractivity contribution in [2.24, 2.45) is 0 Å². The summed E-state index contributed by atoms with van der Waals surface area (Å²) in [5.41, 5.74) is 0.877. The maximum absolute atomic E-state index is 12.6. The summed E-state index contributed by atoms with van der Waals surface area (Å²) in [5, 5.41) is 3.26. The van der Waals surface area contributed by atoms with Crippen molar-refractivity contribution in [2.75, 3.05) is 20.3 Å². The molecule has 0 saturated carbocycles. The van der Waals surface area contributed by atoms with Crippen molar-refractivity contribution in [3.05, 3.63) is 18.0 Å². The van der Waals surface area contributed by atoms with Gasteiger partial charge in [-0.1, -0.05) is 13.8 Å². The number of hydrogen-bond acceptors (Lipinski definition) is 4. The molecule has 2 heterocycles. The quantitative estimate of drug-likeness (QED) is 0.830. The molecular formula is C14H25N3O3S. The third-order valence-corrected chi connectivity index (χ3v) is 5.69. The van der Waals surface area contributed by atoms with Crippen LogP contribution in [0.5, 0.6) is 0 Å². The van der Waals surface area contributed by atoms with Crippen molar-refractivity contribution in [3.63, 3.8) is 0 Å². The molecule has 120 valence electrons. The Labute approximate surface area is 126 Å². The first-order valence-electron chi connectivity index (χ1n) is 7.37. The zero-order valence-corrected chi connectivity index (χ0v) is 13.7. The molecule has 2 rings (SSSR count). The number of aromatic amines is 1. The fourth-order valence-corrected chi connectivity index (χ4v) is 3.83. The van der Waals surface area contributed by atoms with Crippen LogP contribution in [0.4, 0.5) is 0 Å². The second-order valence-corrected chi connectivity index (χ2v) is 7.76. The number of nitrogens with one attached hydrogen (secondary N) is 2. The number of sulfonamides is 1. The van der Waals surface area contributed by atoms with Crippen LogP contribution in [0.2, 0.25) is 0 Å². The van der Waals surface area contributed by atoms with E-state index in [-0.39, 0.29) is 6.04 Å². The molecule has 6 nitrogen and oxygen atoms in total. The molecule has 0 atom stereocenters. The molecule has 2 N–H and O–H groups in total. The van der Waals surface area contributed by atoms with Crippen LogP contribution in [-0.2, 0) is 21.3 Å². The van der Waals surface area contributed by atoms with Crippen LogP contribution in [-0.4, -0.2) is 50.1 Å². The number of aromatic nitrogens is 1. The van der Waals surface area contributed by atoms with E-state index in [4.69, 9.17) is 4.74 Å². The van der Waals surface area contributed by atoms with Gasteiger partial charge >= 0.3 is 0 Å². The van der Waals surface area contributed by atoms with E-state index in [2.05, 4.69) is 24.1 Å². The van der Waals surface area contributed by atoms with Gasteiger partial charge in [0.1, 0.15) is 0 Å². The molecule has 1 fully saturated rings. The summed E-state index contributed by atoms with van der Waals surface area (Å²) in [6, 6.07) is 2.09. The van der Waals surface area contributed by atoms with Gasteiger partial charge in [0.25, 0.3) is 0 Å². The number of ether oxygens (including phenoxy) is 1. The van der Waals surface area contributed by atoms with E-state index in [9.17, 15) is 8.42 Å². The largest absolute Gasteiger partial charge is 0.381 e. The van der Waals surface area contributed by atoms with Crippen LogP contribution < -0.4 is 5.32 Å². The molecular weight excluding hydrogens is 290 g/mol. The van der Waals surface area contributed by atoms with Crippen LogP contribution in [0.1, 0.15) is 32.4 Å². The minimum Gasteiger partial charge on any atom is -0.381 e. The summed E-state index contributed by atoms with van der Waals surface area (Å²) in [7, 11) is -1.78. The van der Waals surface area contributed by atoms with E-state index in [1.807, 2.05) is 0 Å². The van der Waals surface area contributed by atoms with Gasteiger partial charge in [0.15, 0.2) is 0 Å². The van der Waals surface area contributed by atoms with Crippen molar-refractivity contribution in [2.45, 2.75) is 50.2 Å². The van der Waals surface area contributed by atoms with Gasteiger partial charge in [-0.2, -0.15) is 4.31 Å². The Bertz CT molecular complexity index is 548. The minimum absolute atomic E-state index is 0.0240. The average molecular weight is 315 g/mol. The van der Waals surface area contributed by atoms with Crippen LogP contribution in [0, 0.1) is 0 Å². The van der Waals surface area contributed by atoms with Gasteiger partial charge in [-0.15, -0.1) is 0 Å². The summed E-state index contributed by atoms with van der Waals surface area (Å²) < 4.78 is 32.0. The first kappa shape index (κ1) is 16.5. The Morgan fingerprint density at radius 3 is 2.71 bits per heavy atom. The summed E-state index contributed by atoms with van der Waals surface area (Å²) >= 11 is 0. The molecule has 1 aliphatic rings. The van der Waals surface area contributed by atoms with Crippen molar-refractivity contribution in [1.29, 1.82) is 0 Å². The lowest BCUT2D eigenvalue weighted by Gasteiger charge is -2.30. The van der Waals surface area contributed by atoms with E-state index < -0.39 is 10.0 Å². The molecule has 21 heavy (non-hydrogen) atoms. The monoisotopic (exact) mass is 315 g/mol. The Balaban J connectivity index is 2.07. The smallest absolute Gasteiger partial charge is 0.244 e. The van der Waals surface area contributed by atoms with Crippen LogP contribution in [0.15, 0.2) is 17.2 Å². The summed E-state index contributed by atoms with van der Waals surface area (Å²) in [5.74, 6) is 0. The number of nitrogens with zero attached hydrogens (tertiary/aromatic N) is 1. The Morgan fingerprint density at radius 1 is 1.43 bits per heavy atom. The molecule has 0 amide bonds. The number of H-pyrrole nitrogens is 1. The molecule has 1 aliphatic heterocycles. The van der Waals surface area contributed by atoms with Gasteiger partial charge in [-0.05, 0) is 18.9 Å². The Hall–Kier alpha value is -0.890. The topological polar surface area (TPSA) is 74.4 Å². The zero-order chi connectivity index (χ0) is 15.5. The van der Waals surface area contributed by atoms with Gasteiger partial charge in [-0.25, -0.2) is 8.42 Å². The fraction of sp³-hybridized carbons (Fsp3) is 0.714. The molecule has 0 unspecified atom stereocenters. The van der Waals surface area contributed by atoms with Crippen molar-refractivity contribution >= 4 is 10.0 Å². The van der Waals surface area contributed by atoms with Crippen LogP contribution in [0.25, 0.3) is 0 Å². The van der Waals surface area contributed by atoms with Crippen LogP contribution in [0.3, 0.4) is 0 Å². The molecule has 1 saturated heterocycles. The standard InChI is InChI=1S/C14H25N3O3S/c1-11(2)15-9-12-8-14(10-16-12)21(18,19)17(3)13-4-6-20-7-5-13/h8,10-11,13,15-16H,4-7,9H2,1-3H3. The lowest BCUT2D eigenvalue weighted by Crippen LogP contribution is -2.40. The number of rotatable bonds is 6. The number of hydrogen-bond donors (Lipinski definition) is 2. The summed E-state index contributed by atoms with van der Waals surface area (Å²) in [6.07, 6.45) is 3.08. The molecule has 1 aromatic rings. The molecule has 7 heteroatoms. The highest BCUT2D eigenvalue weighted by molar-refractivity contribution is 7.89. The molecule has 0 aromatic carbocycles. The van der Waals surface area contributed by atoms with Crippen molar-refractivity contribution in [3.8, 4) is 0 Å². The fourth-order valence-electron chi connectivity index (χ4n) is 2.40. The third kappa shape index (κ3) is 4.06. The molecule has 0 aliphatic carbocycles. The molecule has 0 spiro atoms. The maximum atomic E-state index is 12.6. The van der Waals surface area contributed by atoms with Crippen molar-refractivity contribution < 1.29 is 13.2 Å². The highest BCUT2D eigenvalue weighted by atomic mass is 32.2. The van der Waals surface area contributed by atoms with Crippen LogP contribution >= 0.6 is 0 Å². The first-order chi connectivity index (χ1) is 9.91. The first-order valence-corrected chi connectivity index (χ1v) is 8.81. The van der Waals surface area contributed by atoms with Gasteiger partial charge in [0.05, 0.1) is 4.90 Å². The van der Waals surface area contributed by atoms with E-state index in [0.29, 0.717) is 30.7 Å². The van der Waals surface area contributed by atoms with Gasteiger partial charge < -0.3 is 15.0 Å². The Kier molecular flexibility index (Phi) is 5.43. The third-order valence-electron chi connectivity index (χ3n) is 3.80. The van der Waals surface area contributed by atoms with Gasteiger partial charge in [0, 0.05) is 50.8 Å². The lowest BCUT2D eigenvalue weighted by atomic mass is 10.1. The normalized spacial score (nSPS) is 17.8. The lowest BCUT2D eigenvalue weighted by molar-refractivity contribution is 0.0632. The Morgan fingerprint density at radius 2 is 2.10 bits per heavy atom. The highest BCUT2D eigenvalue weighted by Crippen LogP contribution is 2.22. The van der Waals surface area contributed by atoms with E-state index in [1.54, 1.807) is 19.3 Å². The maximum Gasteiger partial charge on any atom is 0.244 e. The molecule has 1 aromatic heterocycles. The van der Waals surface area contributed by atoms with Crippen molar-refractivity contribution in [1.82, 2.24) is 14.6 Å². The second-order valence-electron chi connectivity index (χ2n) is 5.76. The summed E-state index contributed by atoms with van der Waals surface area (Å²) in [4.78, 5) is 3.36. The van der Waals surface area contributed by atoms with E-state index >= 15 is 0 Å². The van der Waals surface area contributed by atoms with Gasteiger partial charge in [-0.3, -0.25) is 0 Å². The zero-order valence-electron chi connectivity index (χ0n) is 12.9. The molecule has 0 radical (unpaired) electrons.